The Hall–Kier alpha value is -2.18. The van der Waals surface area contributed by atoms with Crippen LogP contribution in [0.1, 0.15) is 48.9 Å². The lowest BCUT2D eigenvalue weighted by Crippen LogP contribution is -2.43. The van der Waals surface area contributed by atoms with E-state index in [0.29, 0.717) is 30.8 Å². The summed E-state index contributed by atoms with van der Waals surface area (Å²) in [6.07, 6.45) is 1.90. The van der Waals surface area contributed by atoms with E-state index in [1.165, 1.54) is 9.87 Å². The molecule has 0 radical (unpaired) electrons. The number of aryl methyl sites for hydroxylation is 2. The van der Waals surface area contributed by atoms with Gasteiger partial charge in [-0.15, -0.1) is 0 Å². The number of piperidine rings is 1. The fourth-order valence-corrected chi connectivity index (χ4v) is 5.20. The number of carbonyl (C=O) groups is 1. The van der Waals surface area contributed by atoms with Gasteiger partial charge in [0.05, 0.1) is 10.9 Å². The molecule has 29 heavy (non-hydrogen) atoms. The fraction of sp³-hybridized carbons (Fsp3) is 0.435. The third kappa shape index (κ3) is 5.06. The van der Waals surface area contributed by atoms with Crippen molar-refractivity contribution in [1.82, 2.24) is 9.62 Å². The lowest BCUT2D eigenvalue weighted by molar-refractivity contribution is -0.126. The number of rotatable bonds is 6. The minimum absolute atomic E-state index is 0.0163. The maximum atomic E-state index is 12.8. The molecule has 1 aliphatic rings. The first-order valence-electron chi connectivity index (χ1n) is 10.2. The van der Waals surface area contributed by atoms with E-state index in [0.717, 1.165) is 17.5 Å². The van der Waals surface area contributed by atoms with Crippen molar-refractivity contribution in [1.29, 1.82) is 0 Å². The van der Waals surface area contributed by atoms with Crippen LogP contribution in [0.15, 0.2) is 53.4 Å². The standard InChI is InChI=1S/C23H30N2O3S/c1-4-22(19-9-5-17(2)6-10-19)24-23(26)20-13-15-25(16-14-20)29(27,28)21-11-7-18(3)8-12-21/h5-12,20,22H,4,13-16H2,1-3H3,(H,24,26). The second-order valence-corrected chi connectivity index (χ2v) is 9.81. The first-order valence-corrected chi connectivity index (χ1v) is 11.7. The van der Waals surface area contributed by atoms with Crippen LogP contribution in [0.25, 0.3) is 0 Å². The van der Waals surface area contributed by atoms with Crippen molar-refractivity contribution in [2.75, 3.05) is 13.1 Å². The first-order chi connectivity index (χ1) is 13.8. The van der Waals surface area contributed by atoms with E-state index in [-0.39, 0.29) is 17.9 Å². The molecule has 1 N–H and O–H groups in total. The van der Waals surface area contributed by atoms with Crippen molar-refractivity contribution in [2.45, 2.75) is 51.0 Å². The Morgan fingerprint density at radius 3 is 2.03 bits per heavy atom. The summed E-state index contributed by atoms with van der Waals surface area (Å²) in [5.74, 6) is -0.135. The Labute approximate surface area is 174 Å². The molecule has 2 aromatic carbocycles. The van der Waals surface area contributed by atoms with Gasteiger partial charge in [0.1, 0.15) is 0 Å². The molecule has 0 saturated carbocycles. The zero-order chi connectivity index (χ0) is 21.0. The third-order valence-corrected chi connectivity index (χ3v) is 7.60. The van der Waals surface area contributed by atoms with Gasteiger partial charge in [0.25, 0.3) is 0 Å². The van der Waals surface area contributed by atoms with Gasteiger partial charge in [-0.1, -0.05) is 54.4 Å². The predicted molar refractivity (Wildman–Crippen MR) is 115 cm³/mol. The zero-order valence-corrected chi connectivity index (χ0v) is 18.2. The Bertz CT molecular complexity index is 929. The van der Waals surface area contributed by atoms with E-state index in [9.17, 15) is 13.2 Å². The minimum atomic E-state index is -3.50. The van der Waals surface area contributed by atoms with Crippen molar-refractivity contribution >= 4 is 15.9 Å². The summed E-state index contributed by atoms with van der Waals surface area (Å²) in [5.41, 5.74) is 3.32. The average molecular weight is 415 g/mol. The van der Waals surface area contributed by atoms with Gasteiger partial charge in [-0.25, -0.2) is 8.42 Å². The molecule has 3 rings (SSSR count). The van der Waals surface area contributed by atoms with Gasteiger partial charge >= 0.3 is 0 Å². The summed E-state index contributed by atoms with van der Waals surface area (Å²) >= 11 is 0. The molecule has 0 aromatic heterocycles. The minimum Gasteiger partial charge on any atom is -0.349 e. The van der Waals surface area contributed by atoms with Crippen LogP contribution in [0.2, 0.25) is 0 Å². The molecule has 1 aliphatic heterocycles. The summed E-state index contributed by atoms with van der Waals surface area (Å²) in [6.45, 7) is 6.77. The van der Waals surface area contributed by atoms with Crippen molar-refractivity contribution < 1.29 is 13.2 Å². The normalized spacial score (nSPS) is 17.1. The van der Waals surface area contributed by atoms with Crippen molar-refractivity contribution in [3.63, 3.8) is 0 Å². The SMILES string of the molecule is CCC(NC(=O)C1CCN(S(=O)(=O)c2ccc(C)cc2)CC1)c1ccc(C)cc1. The number of hydrogen-bond donors (Lipinski definition) is 1. The highest BCUT2D eigenvalue weighted by atomic mass is 32.2. The van der Waals surface area contributed by atoms with Gasteiger partial charge < -0.3 is 5.32 Å². The lowest BCUT2D eigenvalue weighted by atomic mass is 9.95. The molecule has 6 heteroatoms. The van der Waals surface area contributed by atoms with E-state index in [2.05, 4.69) is 36.5 Å². The molecule has 2 aromatic rings. The van der Waals surface area contributed by atoms with E-state index in [4.69, 9.17) is 0 Å². The molecule has 1 heterocycles. The largest absolute Gasteiger partial charge is 0.349 e. The summed E-state index contributed by atoms with van der Waals surface area (Å²) in [4.78, 5) is 13.1. The number of benzene rings is 2. The molecule has 156 valence electrons. The Morgan fingerprint density at radius 1 is 1.00 bits per heavy atom. The van der Waals surface area contributed by atoms with Gasteiger partial charge in [-0.3, -0.25) is 4.79 Å². The Balaban J connectivity index is 1.60. The molecule has 1 amide bonds. The van der Waals surface area contributed by atoms with Crippen LogP contribution in [0.3, 0.4) is 0 Å². The van der Waals surface area contributed by atoms with Crippen LogP contribution in [0.4, 0.5) is 0 Å². The second-order valence-electron chi connectivity index (χ2n) is 7.87. The van der Waals surface area contributed by atoms with E-state index < -0.39 is 10.0 Å². The number of amides is 1. The van der Waals surface area contributed by atoms with Crippen LogP contribution in [0, 0.1) is 19.8 Å². The monoisotopic (exact) mass is 414 g/mol. The summed E-state index contributed by atoms with van der Waals surface area (Å²) in [7, 11) is -3.50. The van der Waals surface area contributed by atoms with Crippen molar-refractivity contribution in [3.05, 3.63) is 65.2 Å². The number of nitrogens with zero attached hydrogens (tertiary/aromatic N) is 1. The van der Waals surface area contributed by atoms with Crippen molar-refractivity contribution in [3.8, 4) is 0 Å². The highest BCUT2D eigenvalue weighted by molar-refractivity contribution is 7.89. The molecule has 1 fully saturated rings. The molecule has 1 unspecified atom stereocenters. The molecule has 0 spiro atoms. The highest BCUT2D eigenvalue weighted by Crippen LogP contribution is 2.25. The fourth-order valence-electron chi connectivity index (χ4n) is 3.73. The summed E-state index contributed by atoms with van der Waals surface area (Å²) < 4.78 is 27.2. The third-order valence-electron chi connectivity index (χ3n) is 5.69. The number of hydrogen-bond acceptors (Lipinski definition) is 3. The van der Waals surface area contributed by atoms with Gasteiger partial charge in [0.15, 0.2) is 0 Å². The quantitative estimate of drug-likeness (QED) is 0.778. The Morgan fingerprint density at radius 2 is 1.52 bits per heavy atom. The molecular weight excluding hydrogens is 384 g/mol. The lowest BCUT2D eigenvalue weighted by Gasteiger charge is -2.31. The molecular formula is C23H30N2O3S. The van der Waals surface area contributed by atoms with Crippen LogP contribution in [-0.2, 0) is 14.8 Å². The van der Waals surface area contributed by atoms with Crippen LogP contribution in [0.5, 0.6) is 0 Å². The van der Waals surface area contributed by atoms with E-state index in [1.54, 1.807) is 12.1 Å². The van der Waals surface area contributed by atoms with Gasteiger partial charge in [0.2, 0.25) is 15.9 Å². The maximum absolute atomic E-state index is 12.8. The summed E-state index contributed by atoms with van der Waals surface area (Å²) in [5, 5.41) is 3.16. The van der Waals surface area contributed by atoms with E-state index >= 15 is 0 Å². The number of carbonyl (C=O) groups excluding carboxylic acids is 1. The maximum Gasteiger partial charge on any atom is 0.243 e. The summed E-state index contributed by atoms with van der Waals surface area (Å²) in [6, 6.07) is 15.1. The van der Waals surface area contributed by atoms with Crippen LogP contribution < -0.4 is 5.32 Å². The van der Waals surface area contributed by atoms with Gasteiger partial charge in [-0.05, 0) is 50.8 Å². The molecule has 5 nitrogen and oxygen atoms in total. The Kier molecular flexibility index (Phi) is 6.75. The highest BCUT2D eigenvalue weighted by Gasteiger charge is 2.32. The molecule has 1 saturated heterocycles. The second kappa shape index (κ2) is 9.09. The smallest absolute Gasteiger partial charge is 0.243 e. The van der Waals surface area contributed by atoms with Crippen molar-refractivity contribution in [2.24, 2.45) is 5.92 Å². The number of nitrogens with one attached hydrogen (secondary N) is 1. The average Bonchev–Trinajstić information content (AvgIpc) is 2.73. The molecule has 0 bridgehead atoms. The van der Waals surface area contributed by atoms with Gasteiger partial charge in [0, 0.05) is 19.0 Å². The van der Waals surface area contributed by atoms with Crippen LogP contribution in [-0.4, -0.2) is 31.7 Å². The number of sulfonamides is 1. The van der Waals surface area contributed by atoms with Crippen LogP contribution >= 0.6 is 0 Å². The zero-order valence-electron chi connectivity index (χ0n) is 17.4. The van der Waals surface area contributed by atoms with Gasteiger partial charge in [-0.2, -0.15) is 4.31 Å². The predicted octanol–water partition coefficient (Wildman–Crippen LogP) is 3.97. The first kappa shape index (κ1) is 21.5. The van der Waals surface area contributed by atoms with E-state index in [1.807, 2.05) is 26.0 Å². The molecule has 0 aliphatic carbocycles. The molecule has 1 atom stereocenters. The topological polar surface area (TPSA) is 66.5 Å².